The number of Topliss-reactive ketones (excluding diaryl/α,β-unsaturated/α-hetero) is 1. The van der Waals surface area contributed by atoms with E-state index in [1.54, 1.807) is 0 Å². The van der Waals surface area contributed by atoms with E-state index in [-0.39, 0.29) is 5.78 Å². The highest BCUT2D eigenvalue weighted by Crippen LogP contribution is 2.49. The average molecular weight is 239 g/mol. The molecular formula is C10H7BrO2. The zero-order chi connectivity index (χ0) is 9.05. The van der Waals surface area contributed by atoms with E-state index in [1.165, 1.54) is 0 Å². The van der Waals surface area contributed by atoms with Gasteiger partial charge in [0.15, 0.2) is 5.60 Å². The van der Waals surface area contributed by atoms with Crippen molar-refractivity contribution in [3.05, 3.63) is 28.2 Å². The van der Waals surface area contributed by atoms with Crippen molar-refractivity contribution in [2.75, 3.05) is 0 Å². The average Bonchev–Trinajstić information content (AvgIpc) is 2.83. The first-order valence-electron chi connectivity index (χ1n) is 4.25. The Hall–Kier alpha value is -0.830. The van der Waals surface area contributed by atoms with Gasteiger partial charge >= 0.3 is 0 Å². The van der Waals surface area contributed by atoms with Crippen LogP contribution in [0.25, 0.3) is 0 Å². The van der Waals surface area contributed by atoms with Crippen molar-refractivity contribution >= 4 is 21.7 Å². The minimum absolute atomic E-state index is 0.156. The van der Waals surface area contributed by atoms with Crippen LogP contribution in [0.1, 0.15) is 23.2 Å². The highest BCUT2D eigenvalue weighted by molar-refractivity contribution is 9.10. The smallest absolute Gasteiger partial charge is 0.210 e. The van der Waals surface area contributed by atoms with E-state index < -0.39 is 5.60 Å². The summed E-state index contributed by atoms with van der Waals surface area (Å²) in [6.45, 7) is 0. The van der Waals surface area contributed by atoms with Gasteiger partial charge in [-0.25, -0.2) is 0 Å². The summed E-state index contributed by atoms with van der Waals surface area (Å²) >= 11 is 3.34. The molecule has 1 fully saturated rings. The van der Waals surface area contributed by atoms with E-state index in [0.29, 0.717) is 0 Å². The second-order valence-electron chi connectivity index (χ2n) is 3.57. The summed E-state index contributed by atoms with van der Waals surface area (Å²) < 4.78 is 6.53. The van der Waals surface area contributed by atoms with Crippen LogP contribution in [0.2, 0.25) is 0 Å². The van der Waals surface area contributed by atoms with E-state index in [0.717, 1.165) is 28.6 Å². The van der Waals surface area contributed by atoms with Crippen LogP contribution in [0.5, 0.6) is 5.75 Å². The molecule has 13 heavy (non-hydrogen) atoms. The van der Waals surface area contributed by atoms with Crippen LogP contribution >= 0.6 is 15.9 Å². The zero-order valence-electron chi connectivity index (χ0n) is 6.84. The summed E-state index contributed by atoms with van der Waals surface area (Å²) in [6, 6.07) is 5.59. The zero-order valence-corrected chi connectivity index (χ0v) is 8.43. The summed E-state index contributed by atoms with van der Waals surface area (Å²) in [5.41, 5.74) is 0.273. The first kappa shape index (κ1) is 7.56. The van der Waals surface area contributed by atoms with Gasteiger partial charge in [0.2, 0.25) is 5.78 Å². The van der Waals surface area contributed by atoms with Crippen LogP contribution in [0.3, 0.4) is 0 Å². The summed E-state index contributed by atoms with van der Waals surface area (Å²) in [5, 5.41) is 0. The molecule has 0 bridgehead atoms. The number of halogens is 1. The van der Waals surface area contributed by atoms with Crippen molar-refractivity contribution in [1.29, 1.82) is 0 Å². The minimum Gasteiger partial charge on any atom is -0.478 e. The number of carbonyl (C=O) groups excluding carboxylic acids is 1. The maximum Gasteiger partial charge on any atom is 0.210 e. The SMILES string of the molecule is O=C1c2cc(Br)ccc2OC12CC2. The molecule has 1 saturated carbocycles. The lowest BCUT2D eigenvalue weighted by Crippen LogP contribution is -2.21. The molecule has 0 amide bonds. The molecular weight excluding hydrogens is 232 g/mol. The van der Waals surface area contributed by atoms with Gasteiger partial charge < -0.3 is 4.74 Å². The van der Waals surface area contributed by atoms with E-state index >= 15 is 0 Å². The second-order valence-corrected chi connectivity index (χ2v) is 4.48. The van der Waals surface area contributed by atoms with E-state index in [4.69, 9.17) is 4.74 Å². The molecule has 1 spiro atoms. The lowest BCUT2D eigenvalue weighted by molar-refractivity contribution is 0.0820. The number of ether oxygens (including phenoxy) is 1. The summed E-state index contributed by atoms with van der Waals surface area (Å²) in [4.78, 5) is 11.8. The van der Waals surface area contributed by atoms with Gasteiger partial charge in [0.25, 0.3) is 0 Å². The summed E-state index contributed by atoms with van der Waals surface area (Å²) in [5.74, 6) is 0.898. The lowest BCUT2D eigenvalue weighted by Gasteiger charge is -2.03. The fourth-order valence-corrected chi connectivity index (χ4v) is 2.07. The van der Waals surface area contributed by atoms with Crippen LogP contribution in [0, 0.1) is 0 Å². The van der Waals surface area contributed by atoms with Gasteiger partial charge in [-0.15, -0.1) is 0 Å². The van der Waals surface area contributed by atoms with Crippen molar-refractivity contribution in [2.24, 2.45) is 0 Å². The summed E-state index contributed by atoms with van der Waals surface area (Å²) in [6.07, 6.45) is 1.75. The predicted octanol–water partition coefficient (Wildman–Crippen LogP) is 2.56. The fraction of sp³-hybridized carbons (Fsp3) is 0.300. The first-order chi connectivity index (χ1) is 6.21. The quantitative estimate of drug-likeness (QED) is 0.695. The topological polar surface area (TPSA) is 26.3 Å². The largest absolute Gasteiger partial charge is 0.478 e. The van der Waals surface area contributed by atoms with Gasteiger partial charge in [-0.1, -0.05) is 15.9 Å². The van der Waals surface area contributed by atoms with Gasteiger partial charge in [0, 0.05) is 4.47 Å². The second kappa shape index (κ2) is 2.15. The molecule has 2 nitrogen and oxygen atoms in total. The molecule has 1 heterocycles. The fourth-order valence-electron chi connectivity index (χ4n) is 1.71. The molecule has 1 aromatic carbocycles. The van der Waals surface area contributed by atoms with E-state index in [2.05, 4.69) is 15.9 Å². The van der Waals surface area contributed by atoms with Gasteiger partial charge in [-0.05, 0) is 31.0 Å². The standard InChI is InChI=1S/C10H7BrO2/c11-6-1-2-8-7(5-6)9(12)10(13-8)3-4-10/h1-2,5H,3-4H2. The number of carbonyl (C=O) groups is 1. The Balaban J connectivity index is 2.18. The third-order valence-electron chi connectivity index (χ3n) is 2.61. The van der Waals surface area contributed by atoms with Crippen LogP contribution < -0.4 is 4.74 Å². The Kier molecular flexibility index (Phi) is 1.25. The van der Waals surface area contributed by atoms with Crippen molar-refractivity contribution in [3.63, 3.8) is 0 Å². The van der Waals surface area contributed by atoms with Crippen molar-refractivity contribution in [1.82, 2.24) is 0 Å². The maximum absolute atomic E-state index is 11.8. The van der Waals surface area contributed by atoms with Crippen molar-refractivity contribution < 1.29 is 9.53 Å². The van der Waals surface area contributed by atoms with Gasteiger partial charge in [0.1, 0.15) is 5.75 Å². The molecule has 0 N–H and O–H groups in total. The summed E-state index contributed by atoms with van der Waals surface area (Å²) in [7, 11) is 0. The Bertz CT molecular complexity index is 407. The Morgan fingerprint density at radius 3 is 2.85 bits per heavy atom. The maximum atomic E-state index is 11.8. The molecule has 0 radical (unpaired) electrons. The van der Waals surface area contributed by atoms with Crippen LogP contribution in [-0.4, -0.2) is 11.4 Å². The van der Waals surface area contributed by atoms with Gasteiger partial charge in [0.05, 0.1) is 5.56 Å². The van der Waals surface area contributed by atoms with Crippen LogP contribution in [0.15, 0.2) is 22.7 Å². The number of rotatable bonds is 0. The Labute approximate surface area is 84.0 Å². The number of hydrogen-bond donors (Lipinski definition) is 0. The molecule has 0 atom stereocenters. The first-order valence-corrected chi connectivity index (χ1v) is 5.04. The molecule has 1 aliphatic carbocycles. The number of benzene rings is 1. The minimum atomic E-state index is -0.455. The molecule has 1 aliphatic heterocycles. The molecule has 0 saturated heterocycles. The Morgan fingerprint density at radius 1 is 1.38 bits per heavy atom. The highest BCUT2D eigenvalue weighted by atomic mass is 79.9. The van der Waals surface area contributed by atoms with Crippen molar-refractivity contribution in [2.45, 2.75) is 18.4 Å². The molecule has 3 rings (SSSR count). The molecule has 2 aliphatic rings. The lowest BCUT2D eigenvalue weighted by atomic mass is 10.1. The normalized spacial score (nSPS) is 21.5. The van der Waals surface area contributed by atoms with Gasteiger partial charge in [-0.3, -0.25) is 4.79 Å². The molecule has 1 aromatic rings. The van der Waals surface area contributed by atoms with E-state index in [1.807, 2.05) is 18.2 Å². The highest BCUT2D eigenvalue weighted by Gasteiger charge is 2.57. The van der Waals surface area contributed by atoms with Crippen LogP contribution in [-0.2, 0) is 0 Å². The molecule has 0 aromatic heterocycles. The van der Waals surface area contributed by atoms with E-state index in [9.17, 15) is 4.79 Å². The molecule has 0 unspecified atom stereocenters. The molecule has 66 valence electrons. The van der Waals surface area contributed by atoms with Crippen molar-refractivity contribution in [3.8, 4) is 5.75 Å². The third-order valence-corrected chi connectivity index (χ3v) is 3.10. The monoisotopic (exact) mass is 238 g/mol. The predicted molar refractivity (Wildman–Crippen MR) is 51.1 cm³/mol. The Morgan fingerprint density at radius 2 is 2.15 bits per heavy atom. The third kappa shape index (κ3) is 0.908. The number of hydrogen-bond acceptors (Lipinski definition) is 2. The van der Waals surface area contributed by atoms with Crippen LogP contribution in [0.4, 0.5) is 0 Å². The molecule has 3 heteroatoms. The number of fused-ring (bicyclic) bond motifs is 1. The number of ketones is 1. The van der Waals surface area contributed by atoms with Gasteiger partial charge in [-0.2, -0.15) is 0 Å².